The summed E-state index contributed by atoms with van der Waals surface area (Å²) in [6.45, 7) is 7.12. The van der Waals surface area contributed by atoms with Crippen LogP contribution in [0.1, 0.15) is 44.9 Å². The van der Waals surface area contributed by atoms with Gasteiger partial charge >= 0.3 is 0 Å². The molecule has 148 valence electrons. The molecular weight excluding hydrogens is 345 g/mol. The lowest BCUT2D eigenvalue weighted by Gasteiger charge is -2.23. The fraction of sp³-hybridized carbons (Fsp3) is 0.381. The van der Waals surface area contributed by atoms with Gasteiger partial charge in [0.1, 0.15) is 31.0 Å². The Balaban J connectivity index is 0.000000855. The molecule has 0 amide bonds. The van der Waals surface area contributed by atoms with E-state index in [9.17, 15) is 9.50 Å². The van der Waals surface area contributed by atoms with Crippen LogP contribution in [0.15, 0.2) is 42.6 Å². The Morgan fingerprint density at radius 1 is 1.22 bits per heavy atom. The maximum absolute atomic E-state index is 12.2. The molecule has 3 rings (SSSR count). The number of nitrogens with one attached hydrogen (secondary N) is 1. The van der Waals surface area contributed by atoms with Crippen LogP contribution in [0.25, 0.3) is 6.08 Å². The van der Waals surface area contributed by atoms with Gasteiger partial charge in [-0.1, -0.05) is 45.9 Å². The Morgan fingerprint density at radius 2 is 1.96 bits per heavy atom. The number of pyridine rings is 1. The van der Waals surface area contributed by atoms with Gasteiger partial charge in [-0.05, 0) is 29.8 Å². The Hall–Kier alpha value is -2.60. The molecule has 4 N–H and O–H groups in total. The van der Waals surface area contributed by atoms with Gasteiger partial charge in [-0.3, -0.25) is 0 Å². The van der Waals surface area contributed by atoms with E-state index in [2.05, 4.69) is 10.3 Å². The number of nitrogens with zero attached hydrogens (tertiary/aromatic N) is 1. The van der Waals surface area contributed by atoms with E-state index in [1.54, 1.807) is 18.3 Å². The summed E-state index contributed by atoms with van der Waals surface area (Å²) in [5.74, 6) is 1.08. The summed E-state index contributed by atoms with van der Waals surface area (Å²) in [5.41, 5.74) is 8.56. The van der Waals surface area contributed by atoms with Crippen molar-refractivity contribution in [2.24, 2.45) is 0 Å². The van der Waals surface area contributed by atoms with Gasteiger partial charge in [0, 0.05) is 17.4 Å². The van der Waals surface area contributed by atoms with Gasteiger partial charge in [0.2, 0.25) is 0 Å². The maximum Gasteiger partial charge on any atom is 0.123 e. The van der Waals surface area contributed by atoms with Gasteiger partial charge in [-0.2, -0.15) is 0 Å². The lowest BCUT2D eigenvalue weighted by molar-refractivity contribution is 0.0842. The molecule has 1 aromatic carbocycles. The minimum Gasteiger partial charge on any atom is -0.491 e. The van der Waals surface area contributed by atoms with Crippen LogP contribution in [-0.2, 0) is 0 Å². The highest BCUT2D eigenvalue weighted by molar-refractivity contribution is 5.72. The molecule has 0 spiro atoms. The van der Waals surface area contributed by atoms with Gasteiger partial charge in [-0.15, -0.1) is 0 Å². The molecule has 1 aliphatic heterocycles. The lowest BCUT2D eigenvalue weighted by Crippen LogP contribution is -2.19. The van der Waals surface area contributed by atoms with Crippen LogP contribution in [0.2, 0.25) is 0 Å². The average molecular weight is 375 g/mol. The van der Waals surface area contributed by atoms with Gasteiger partial charge < -0.3 is 20.9 Å². The number of halogens is 1. The van der Waals surface area contributed by atoms with Crippen molar-refractivity contribution in [1.82, 2.24) is 4.98 Å². The van der Waals surface area contributed by atoms with E-state index >= 15 is 0 Å². The molecule has 0 saturated carbocycles. The first-order valence-corrected chi connectivity index (χ1v) is 9.33. The van der Waals surface area contributed by atoms with Gasteiger partial charge in [0.25, 0.3) is 0 Å². The summed E-state index contributed by atoms with van der Waals surface area (Å²) in [7, 11) is 0. The summed E-state index contributed by atoms with van der Waals surface area (Å²) < 4.78 is 17.6. The molecule has 1 aromatic heterocycles. The topological polar surface area (TPSA) is 80.4 Å². The zero-order valence-corrected chi connectivity index (χ0v) is 16.4. The second kappa shape index (κ2) is 11.9. The third kappa shape index (κ3) is 6.57. The van der Waals surface area contributed by atoms with Crippen LogP contribution in [0.5, 0.6) is 5.75 Å². The Kier molecular flexibility index (Phi) is 9.90. The van der Waals surface area contributed by atoms with Crippen molar-refractivity contribution < 1.29 is 14.2 Å². The maximum atomic E-state index is 12.2. The van der Waals surface area contributed by atoms with Crippen molar-refractivity contribution in [2.75, 3.05) is 24.3 Å². The van der Waals surface area contributed by atoms with Crippen LogP contribution in [0.4, 0.5) is 15.9 Å². The summed E-state index contributed by atoms with van der Waals surface area (Å²) in [4.78, 5) is 4.10. The first-order chi connectivity index (χ1) is 13.2. The van der Waals surface area contributed by atoms with Crippen molar-refractivity contribution in [3.8, 4) is 5.75 Å². The number of aliphatic hydroxyl groups is 1. The zero-order valence-electron chi connectivity index (χ0n) is 16.4. The number of alkyl halides is 1. The molecule has 0 bridgehead atoms. The van der Waals surface area contributed by atoms with Crippen molar-refractivity contribution in [2.45, 2.75) is 39.8 Å². The van der Waals surface area contributed by atoms with Crippen LogP contribution in [0, 0.1) is 0 Å². The average Bonchev–Trinajstić information content (AvgIpc) is 2.75. The highest BCUT2D eigenvalue weighted by Crippen LogP contribution is 2.32. The van der Waals surface area contributed by atoms with Gasteiger partial charge in [0.05, 0.1) is 6.04 Å². The fourth-order valence-electron chi connectivity index (χ4n) is 2.35. The molecule has 2 unspecified atom stereocenters. The van der Waals surface area contributed by atoms with Crippen LogP contribution in [0.3, 0.4) is 0 Å². The van der Waals surface area contributed by atoms with E-state index in [-0.39, 0.29) is 12.6 Å². The smallest absolute Gasteiger partial charge is 0.123 e. The Bertz CT molecular complexity index is 705. The summed E-state index contributed by atoms with van der Waals surface area (Å²) >= 11 is 0. The number of aliphatic hydroxyl groups excluding tert-OH is 1. The first kappa shape index (κ1) is 22.4. The monoisotopic (exact) mass is 375 g/mol. The molecule has 0 fully saturated rings. The van der Waals surface area contributed by atoms with Crippen molar-refractivity contribution in [3.05, 3.63) is 53.7 Å². The highest BCUT2D eigenvalue weighted by Gasteiger charge is 2.15. The lowest BCUT2D eigenvalue weighted by atomic mass is 10.0. The van der Waals surface area contributed by atoms with Crippen molar-refractivity contribution in [1.29, 1.82) is 0 Å². The number of ether oxygens (including phenoxy) is 1. The molecule has 2 heterocycles. The number of nitrogen functional groups attached to an aromatic ring is 1. The third-order valence-electron chi connectivity index (χ3n) is 3.59. The number of hydrogen-bond acceptors (Lipinski definition) is 5. The van der Waals surface area contributed by atoms with E-state index in [1.807, 2.05) is 58.0 Å². The number of rotatable bonds is 5. The quantitative estimate of drug-likeness (QED) is 0.711. The predicted molar refractivity (Wildman–Crippen MR) is 111 cm³/mol. The molecule has 1 aliphatic rings. The highest BCUT2D eigenvalue weighted by atomic mass is 19.1. The van der Waals surface area contributed by atoms with E-state index in [4.69, 9.17) is 10.5 Å². The van der Waals surface area contributed by atoms with Crippen LogP contribution in [-0.4, -0.2) is 29.5 Å². The second-order valence-electron chi connectivity index (χ2n) is 5.37. The Morgan fingerprint density at radius 3 is 2.59 bits per heavy atom. The molecule has 6 heteroatoms. The summed E-state index contributed by atoms with van der Waals surface area (Å²) in [5, 5.41) is 12.6. The number of fused-ring (bicyclic) bond motifs is 1. The molecule has 0 radical (unpaired) electrons. The normalized spacial score (nSPS) is 15.1. The van der Waals surface area contributed by atoms with E-state index in [0.717, 1.165) is 16.8 Å². The summed E-state index contributed by atoms with van der Waals surface area (Å²) in [6.07, 6.45) is 4.67. The third-order valence-corrected chi connectivity index (χ3v) is 3.59. The van der Waals surface area contributed by atoms with E-state index in [1.165, 1.54) is 0 Å². The molecule has 5 nitrogen and oxygen atoms in total. The van der Waals surface area contributed by atoms with Gasteiger partial charge in [-0.25, -0.2) is 9.37 Å². The number of benzene rings is 1. The zero-order chi connectivity index (χ0) is 20.2. The fourth-order valence-corrected chi connectivity index (χ4v) is 2.35. The molecule has 0 saturated heterocycles. The predicted octanol–water partition coefficient (Wildman–Crippen LogP) is 4.61. The number of aromatic nitrogens is 1. The largest absolute Gasteiger partial charge is 0.491 e. The van der Waals surface area contributed by atoms with Crippen molar-refractivity contribution in [3.63, 3.8) is 0 Å². The summed E-state index contributed by atoms with van der Waals surface area (Å²) in [6, 6.07) is 9.26. The number of nitrogens with two attached hydrogens (primary N) is 1. The van der Waals surface area contributed by atoms with E-state index in [0.29, 0.717) is 11.6 Å². The standard InChI is InChI=1S/C17H18FN3O2.2C2H6/c18-8-13(22)10-23-14-3-5-15-11(7-14)1-4-16(21-15)12-2-6-17(19)20-9-12;2*1-2/h1-7,9,13,16,21-22H,8,10H2,(H2,19,20);2*1-2H3. The molecule has 0 aliphatic carbocycles. The number of anilines is 2. The molecular formula is C21H30FN3O2. The molecule has 27 heavy (non-hydrogen) atoms. The molecule has 2 aromatic rings. The molecule has 2 atom stereocenters. The number of hydrogen-bond donors (Lipinski definition) is 3. The van der Waals surface area contributed by atoms with Crippen molar-refractivity contribution >= 4 is 17.6 Å². The minimum atomic E-state index is -1.10. The second-order valence-corrected chi connectivity index (χ2v) is 5.37. The minimum absolute atomic E-state index is 0.0238. The van der Waals surface area contributed by atoms with Crippen LogP contribution >= 0.6 is 0 Å². The van der Waals surface area contributed by atoms with Crippen LogP contribution < -0.4 is 15.8 Å². The van der Waals surface area contributed by atoms with E-state index < -0.39 is 12.8 Å². The Labute approximate surface area is 161 Å². The SMILES string of the molecule is CC.CC.Nc1ccc(C2C=Cc3cc(OCC(O)CF)ccc3N2)cn1. The van der Waals surface area contributed by atoms with Gasteiger partial charge in [0.15, 0.2) is 0 Å². The first-order valence-electron chi connectivity index (χ1n) is 9.33.